The predicted octanol–water partition coefficient (Wildman–Crippen LogP) is 4.13. The highest BCUT2D eigenvalue weighted by Crippen LogP contribution is 2.29. The number of nitrogens with zero attached hydrogens (tertiary/aromatic N) is 1. The number of imidazole rings is 1. The van der Waals surface area contributed by atoms with E-state index >= 15 is 0 Å². The van der Waals surface area contributed by atoms with Crippen molar-refractivity contribution in [1.29, 1.82) is 0 Å². The molecular weight excluding hydrogens is 363 g/mol. The maximum atomic E-state index is 12.5. The molecule has 136 valence electrons. The number of carbonyl (C=O) groups is 1. The number of hydrogen-bond acceptors (Lipinski definition) is 3. The number of aromatic amines is 1. The predicted molar refractivity (Wildman–Crippen MR) is 95.5 cm³/mol. The van der Waals surface area contributed by atoms with Crippen LogP contribution in [0, 0.1) is 0 Å². The van der Waals surface area contributed by atoms with Crippen LogP contribution in [0.3, 0.4) is 0 Å². The van der Waals surface area contributed by atoms with Gasteiger partial charge in [0.05, 0.1) is 28.1 Å². The van der Waals surface area contributed by atoms with Crippen molar-refractivity contribution in [1.82, 2.24) is 15.3 Å². The van der Waals surface area contributed by atoms with E-state index in [4.69, 9.17) is 0 Å². The molecule has 0 spiro atoms. The third-order valence-corrected chi connectivity index (χ3v) is 4.63. The molecule has 0 fully saturated rings. The van der Waals surface area contributed by atoms with E-state index in [0.29, 0.717) is 11.3 Å². The molecule has 2 N–H and O–H groups in total. The van der Waals surface area contributed by atoms with Gasteiger partial charge in [-0.25, -0.2) is 4.98 Å². The fourth-order valence-electron chi connectivity index (χ4n) is 2.38. The number of H-pyrrole nitrogens is 1. The summed E-state index contributed by atoms with van der Waals surface area (Å²) < 4.78 is 37.5. The van der Waals surface area contributed by atoms with Gasteiger partial charge in [-0.3, -0.25) is 4.79 Å². The first kappa shape index (κ1) is 18.3. The molecule has 0 saturated heterocycles. The van der Waals surface area contributed by atoms with Gasteiger partial charge in [0, 0.05) is 6.54 Å². The zero-order valence-corrected chi connectivity index (χ0v) is 14.5. The first-order valence-corrected chi connectivity index (χ1v) is 9.01. The number of aromatic nitrogens is 2. The van der Waals surface area contributed by atoms with Crippen LogP contribution in [0.15, 0.2) is 48.5 Å². The van der Waals surface area contributed by atoms with E-state index in [1.165, 1.54) is 23.9 Å². The number of thioether (sulfide) groups is 1. The lowest BCUT2D eigenvalue weighted by Crippen LogP contribution is -2.24. The first-order valence-electron chi connectivity index (χ1n) is 7.86. The number of fused-ring (bicyclic) bond motifs is 1. The van der Waals surface area contributed by atoms with Crippen molar-refractivity contribution >= 4 is 28.7 Å². The summed E-state index contributed by atoms with van der Waals surface area (Å²) in [4.78, 5) is 19.5. The van der Waals surface area contributed by atoms with Crippen LogP contribution in [0.25, 0.3) is 11.0 Å². The molecule has 0 saturated carbocycles. The van der Waals surface area contributed by atoms with Gasteiger partial charge in [-0.2, -0.15) is 13.2 Å². The first-order chi connectivity index (χ1) is 12.4. The van der Waals surface area contributed by atoms with Gasteiger partial charge in [0.15, 0.2) is 0 Å². The van der Waals surface area contributed by atoms with Crippen molar-refractivity contribution < 1.29 is 18.0 Å². The van der Waals surface area contributed by atoms with Crippen molar-refractivity contribution in [3.05, 3.63) is 65.5 Å². The minimum atomic E-state index is -4.35. The van der Waals surface area contributed by atoms with E-state index in [0.717, 1.165) is 29.0 Å². The Morgan fingerprint density at radius 2 is 1.85 bits per heavy atom. The summed E-state index contributed by atoms with van der Waals surface area (Å²) in [6.07, 6.45) is -4.35. The van der Waals surface area contributed by atoms with Gasteiger partial charge in [-0.1, -0.05) is 24.3 Å². The van der Waals surface area contributed by atoms with Gasteiger partial charge in [0.25, 0.3) is 0 Å². The van der Waals surface area contributed by atoms with E-state index in [1.54, 1.807) is 0 Å². The number of para-hydroxylation sites is 2. The van der Waals surface area contributed by atoms with Gasteiger partial charge >= 0.3 is 6.18 Å². The van der Waals surface area contributed by atoms with E-state index in [9.17, 15) is 18.0 Å². The Morgan fingerprint density at radius 3 is 2.54 bits per heavy atom. The number of carbonyl (C=O) groups excluding carboxylic acids is 1. The Labute approximate surface area is 152 Å². The molecule has 2 aromatic carbocycles. The number of alkyl halides is 3. The molecule has 0 aliphatic rings. The number of nitrogens with one attached hydrogen (secondary N) is 2. The highest BCUT2D eigenvalue weighted by Gasteiger charge is 2.29. The Balaban J connectivity index is 1.42. The van der Waals surface area contributed by atoms with Gasteiger partial charge in [0.1, 0.15) is 5.82 Å². The lowest BCUT2D eigenvalue weighted by molar-refractivity contribution is -0.137. The molecule has 3 aromatic rings. The smallest absolute Gasteiger partial charge is 0.351 e. The zero-order chi connectivity index (χ0) is 18.6. The van der Waals surface area contributed by atoms with Gasteiger partial charge < -0.3 is 10.3 Å². The molecule has 3 rings (SSSR count). The highest BCUT2D eigenvalue weighted by atomic mass is 32.2. The van der Waals surface area contributed by atoms with Gasteiger partial charge in [-0.15, -0.1) is 11.8 Å². The topological polar surface area (TPSA) is 57.8 Å². The molecule has 0 atom stereocenters. The summed E-state index contributed by atoms with van der Waals surface area (Å²) in [5.74, 6) is 1.44. The number of rotatable bonds is 6. The number of halogens is 3. The molecule has 0 aliphatic carbocycles. The van der Waals surface area contributed by atoms with E-state index in [2.05, 4.69) is 15.3 Å². The van der Waals surface area contributed by atoms with Crippen molar-refractivity contribution in [2.24, 2.45) is 0 Å². The van der Waals surface area contributed by atoms with Crippen molar-refractivity contribution in [3.8, 4) is 0 Å². The van der Waals surface area contributed by atoms with Crippen LogP contribution in [0.1, 0.15) is 17.0 Å². The fourth-order valence-corrected chi connectivity index (χ4v) is 3.10. The second-order valence-corrected chi connectivity index (χ2v) is 6.65. The molecule has 1 amide bonds. The second kappa shape index (κ2) is 7.82. The summed E-state index contributed by atoms with van der Waals surface area (Å²) in [5, 5.41) is 2.70. The lowest BCUT2D eigenvalue weighted by atomic mass is 10.1. The van der Waals surface area contributed by atoms with Crippen molar-refractivity contribution in [2.75, 3.05) is 5.75 Å². The Morgan fingerprint density at radius 1 is 1.12 bits per heavy atom. The number of hydrogen-bond donors (Lipinski definition) is 2. The Bertz CT molecular complexity index is 858. The summed E-state index contributed by atoms with van der Waals surface area (Å²) in [6, 6.07) is 12.4. The Hall–Kier alpha value is -2.48. The summed E-state index contributed by atoms with van der Waals surface area (Å²) >= 11 is 1.42. The molecule has 1 aromatic heterocycles. The highest BCUT2D eigenvalue weighted by molar-refractivity contribution is 7.99. The molecule has 0 aliphatic heterocycles. The van der Waals surface area contributed by atoms with Gasteiger partial charge in [-0.05, 0) is 29.8 Å². The van der Waals surface area contributed by atoms with Crippen LogP contribution >= 0.6 is 11.8 Å². The molecule has 0 unspecified atom stereocenters. The molecule has 1 heterocycles. The largest absolute Gasteiger partial charge is 0.416 e. The quantitative estimate of drug-likeness (QED) is 0.677. The maximum absolute atomic E-state index is 12.5. The van der Waals surface area contributed by atoms with Crippen LogP contribution in [0.4, 0.5) is 13.2 Å². The molecule has 8 heteroatoms. The number of benzene rings is 2. The van der Waals surface area contributed by atoms with Crippen LogP contribution in [0.2, 0.25) is 0 Å². The Kier molecular flexibility index (Phi) is 5.51. The monoisotopic (exact) mass is 379 g/mol. The minimum Gasteiger partial charge on any atom is -0.351 e. The van der Waals surface area contributed by atoms with Gasteiger partial charge in [0.2, 0.25) is 5.91 Å². The average molecular weight is 379 g/mol. The van der Waals surface area contributed by atoms with E-state index in [1.807, 2.05) is 24.3 Å². The third kappa shape index (κ3) is 4.78. The summed E-state index contributed by atoms with van der Waals surface area (Å²) in [7, 11) is 0. The van der Waals surface area contributed by atoms with Crippen LogP contribution < -0.4 is 5.32 Å². The summed E-state index contributed by atoms with van der Waals surface area (Å²) in [6.45, 7) is 0.197. The molecule has 4 nitrogen and oxygen atoms in total. The second-order valence-electron chi connectivity index (χ2n) is 5.66. The lowest BCUT2D eigenvalue weighted by Gasteiger charge is -2.08. The molecule has 0 radical (unpaired) electrons. The third-order valence-electron chi connectivity index (χ3n) is 3.68. The van der Waals surface area contributed by atoms with E-state index < -0.39 is 11.7 Å². The zero-order valence-electron chi connectivity index (χ0n) is 13.6. The SMILES string of the molecule is O=C(CSCc1nc2ccccc2[nH]1)NCc1ccc(C(F)(F)F)cc1. The van der Waals surface area contributed by atoms with E-state index in [-0.39, 0.29) is 18.2 Å². The normalized spacial score (nSPS) is 11.7. The summed E-state index contributed by atoms with van der Waals surface area (Å²) in [5.41, 5.74) is 1.76. The van der Waals surface area contributed by atoms with Crippen molar-refractivity contribution in [3.63, 3.8) is 0 Å². The van der Waals surface area contributed by atoms with Crippen LogP contribution in [-0.4, -0.2) is 21.6 Å². The standard InChI is InChI=1S/C18H16F3N3OS/c19-18(20,21)13-7-5-12(6-8-13)9-22-17(25)11-26-10-16-23-14-3-1-2-4-15(14)24-16/h1-8H,9-11H2,(H,22,25)(H,23,24). The minimum absolute atomic E-state index is 0.175. The fraction of sp³-hybridized carbons (Fsp3) is 0.222. The molecule has 26 heavy (non-hydrogen) atoms. The van der Waals surface area contributed by atoms with Crippen LogP contribution in [-0.2, 0) is 23.3 Å². The molecular formula is C18H16F3N3OS. The molecule has 0 bridgehead atoms. The van der Waals surface area contributed by atoms with Crippen LogP contribution in [0.5, 0.6) is 0 Å². The maximum Gasteiger partial charge on any atom is 0.416 e. The van der Waals surface area contributed by atoms with Crippen molar-refractivity contribution in [2.45, 2.75) is 18.5 Å². The average Bonchev–Trinajstić information content (AvgIpc) is 3.02. The number of amides is 1.